The van der Waals surface area contributed by atoms with E-state index < -0.39 is 16.7 Å². The number of hydrogen-bond donors (Lipinski definition) is 2. The quantitative estimate of drug-likeness (QED) is 0.394. The van der Waals surface area contributed by atoms with Gasteiger partial charge in [0.25, 0.3) is 11.8 Å². The van der Waals surface area contributed by atoms with Crippen LogP contribution in [0.2, 0.25) is 10.0 Å². The molecule has 0 spiro atoms. The Bertz CT molecular complexity index is 1350. The lowest BCUT2D eigenvalue weighted by Crippen LogP contribution is -2.41. The highest BCUT2D eigenvalue weighted by atomic mass is 35.5. The average molecular weight is 564 g/mol. The van der Waals surface area contributed by atoms with Crippen LogP contribution >= 0.6 is 23.2 Å². The van der Waals surface area contributed by atoms with Crippen LogP contribution in [0.25, 0.3) is 5.82 Å². The van der Waals surface area contributed by atoms with Crippen molar-refractivity contribution in [1.29, 1.82) is 0 Å². The number of aryl methyl sites for hydroxylation is 1. The molecule has 12 heteroatoms. The minimum Gasteiger partial charge on any atom is -0.471 e. The van der Waals surface area contributed by atoms with Crippen molar-refractivity contribution in [1.82, 2.24) is 20.1 Å². The van der Waals surface area contributed by atoms with Crippen molar-refractivity contribution < 1.29 is 18.5 Å². The van der Waals surface area contributed by atoms with Crippen LogP contribution in [0.15, 0.2) is 36.5 Å². The van der Waals surface area contributed by atoms with Crippen molar-refractivity contribution in [2.75, 3.05) is 16.8 Å². The van der Waals surface area contributed by atoms with Crippen LogP contribution in [0.4, 0.5) is 5.69 Å². The maximum atomic E-state index is 13.6. The number of ether oxygens (including phenoxy) is 1. The molecule has 196 valence electrons. The van der Waals surface area contributed by atoms with Crippen molar-refractivity contribution in [3.05, 3.63) is 63.4 Å². The summed E-state index contributed by atoms with van der Waals surface area (Å²) in [5.74, 6) is 0.324. The maximum absolute atomic E-state index is 13.6. The Balaban J connectivity index is 1.69. The molecule has 9 nitrogen and oxygen atoms in total. The second-order valence-electron chi connectivity index (χ2n) is 8.69. The van der Waals surface area contributed by atoms with Crippen molar-refractivity contribution in [3.8, 4) is 11.7 Å². The molecule has 1 fully saturated rings. The summed E-state index contributed by atoms with van der Waals surface area (Å²) >= 11 is 12.6. The molecule has 2 N–H and O–H groups in total. The minimum absolute atomic E-state index is 0.0105. The Morgan fingerprint density at radius 1 is 1.19 bits per heavy atom. The zero-order valence-corrected chi connectivity index (χ0v) is 22.9. The smallest absolute Gasteiger partial charge is 0.274 e. The highest BCUT2D eigenvalue weighted by Gasteiger charge is 2.30. The fraction of sp³-hybridized carbons (Fsp3) is 0.360. The van der Waals surface area contributed by atoms with Gasteiger partial charge in [-0.15, -0.1) is 5.10 Å². The lowest BCUT2D eigenvalue weighted by Gasteiger charge is -2.24. The van der Waals surface area contributed by atoms with Gasteiger partial charge >= 0.3 is 0 Å². The summed E-state index contributed by atoms with van der Waals surface area (Å²) in [6.07, 6.45) is 2.82. The summed E-state index contributed by atoms with van der Waals surface area (Å²) in [7, 11) is -0.908. The van der Waals surface area contributed by atoms with Crippen molar-refractivity contribution >= 4 is 51.5 Å². The highest BCUT2D eigenvalue weighted by Crippen LogP contribution is 2.29. The number of hydrogen-bond acceptors (Lipinski definition) is 6. The molecule has 1 saturated heterocycles. The van der Waals surface area contributed by atoms with Gasteiger partial charge in [-0.05, 0) is 49.6 Å². The van der Waals surface area contributed by atoms with Crippen LogP contribution in [-0.4, -0.2) is 54.4 Å². The van der Waals surface area contributed by atoms with Crippen LogP contribution < -0.4 is 15.4 Å². The molecule has 0 saturated carbocycles. The first kappa shape index (κ1) is 27.1. The summed E-state index contributed by atoms with van der Waals surface area (Å²) in [5.41, 5.74) is 1.29. The number of carbonyl (C=O) groups excluding carboxylic acids is 2. The summed E-state index contributed by atoms with van der Waals surface area (Å²) in [6.45, 7) is 5.74. The third-order valence-corrected chi connectivity index (χ3v) is 7.99. The first-order valence-corrected chi connectivity index (χ1v) is 14.1. The molecule has 0 bridgehead atoms. The Morgan fingerprint density at radius 3 is 2.57 bits per heavy atom. The van der Waals surface area contributed by atoms with Gasteiger partial charge in [0, 0.05) is 34.1 Å². The van der Waals surface area contributed by atoms with E-state index in [1.165, 1.54) is 23.0 Å². The minimum atomic E-state index is -0.908. The normalized spacial score (nSPS) is 16.8. The molecule has 2 amide bonds. The SMILES string of the molecule is CCC(CC)NC(=O)c1cc(Cl)cc(C)c1NC(=O)c1cc(OC2CS(=O)C2)nn1-c1ncccc1Cl. The Labute approximate surface area is 227 Å². The molecule has 0 unspecified atom stereocenters. The molecular weight excluding hydrogens is 537 g/mol. The van der Waals surface area contributed by atoms with E-state index in [0.717, 1.165) is 12.8 Å². The van der Waals surface area contributed by atoms with E-state index in [0.29, 0.717) is 27.8 Å². The number of anilines is 1. The topological polar surface area (TPSA) is 115 Å². The Kier molecular flexibility index (Phi) is 8.51. The molecule has 3 heterocycles. The van der Waals surface area contributed by atoms with E-state index in [1.807, 2.05) is 13.8 Å². The largest absolute Gasteiger partial charge is 0.471 e. The fourth-order valence-corrected chi connectivity index (χ4v) is 5.24. The number of amides is 2. The van der Waals surface area contributed by atoms with Gasteiger partial charge in [-0.2, -0.15) is 0 Å². The predicted molar refractivity (Wildman–Crippen MR) is 145 cm³/mol. The monoisotopic (exact) mass is 563 g/mol. The van der Waals surface area contributed by atoms with Crippen LogP contribution in [-0.2, 0) is 10.8 Å². The van der Waals surface area contributed by atoms with E-state index in [9.17, 15) is 13.8 Å². The Hall–Kier alpha value is -2.95. The van der Waals surface area contributed by atoms with Gasteiger partial charge in [-0.25, -0.2) is 9.67 Å². The molecule has 37 heavy (non-hydrogen) atoms. The zero-order chi connectivity index (χ0) is 26.7. The van der Waals surface area contributed by atoms with Gasteiger partial charge in [0.1, 0.15) is 11.8 Å². The van der Waals surface area contributed by atoms with Crippen LogP contribution in [0, 0.1) is 6.92 Å². The van der Waals surface area contributed by atoms with E-state index in [1.54, 1.807) is 25.1 Å². The molecule has 0 aliphatic carbocycles. The van der Waals surface area contributed by atoms with Gasteiger partial charge in [0.2, 0.25) is 5.88 Å². The Morgan fingerprint density at radius 2 is 1.92 bits per heavy atom. The first-order valence-electron chi connectivity index (χ1n) is 11.8. The number of benzene rings is 1. The number of nitrogens with one attached hydrogen (secondary N) is 2. The summed E-state index contributed by atoms with van der Waals surface area (Å²) < 4.78 is 18.6. The van der Waals surface area contributed by atoms with Crippen molar-refractivity contribution in [3.63, 3.8) is 0 Å². The second kappa shape index (κ2) is 11.6. The van der Waals surface area contributed by atoms with Gasteiger partial charge in [-0.3, -0.25) is 13.8 Å². The number of pyridine rings is 1. The van der Waals surface area contributed by atoms with Gasteiger partial charge in [0.05, 0.1) is 27.8 Å². The summed E-state index contributed by atoms with van der Waals surface area (Å²) in [5, 5.41) is 10.9. The zero-order valence-electron chi connectivity index (χ0n) is 20.6. The maximum Gasteiger partial charge on any atom is 0.274 e. The standard InChI is InChI=1S/C25H27Cl2N5O4S/c1-4-16(5-2)29-24(33)18-10-15(26)9-14(3)22(18)30-25(34)20-11-21(36-17-12-37(35)13-17)31-32(20)23-19(27)7-6-8-28-23/h6-11,16-17H,4-5,12-13H2,1-3H3,(H,29,33)(H,30,34). The third kappa shape index (κ3) is 6.14. The molecule has 1 aliphatic rings. The number of aromatic nitrogens is 3. The lowest BCUT2D eigenvalue weighted by molar-refractivity contribution is 0.0935. The van der Waals surface area contributed by atoms with Gasteiger partial charge < -0.3 is 15.4 Å². The summed E-state index contributed by atoms with van der Waals surface area (Å²) in [6, 6.07) is 7.95. The van der Waals surface area contributed by atoms with Crippen molar-refractivity contribution in [2.24, 2.45) is 0 Å². The molecule has 1 aliphatic heterocycles. The number of rotatable bonds is 9. The van der Waals surface area contributed by atoms with E-state index in [2.05, 4.69) is 20.7 Å². The molecule has 1 aromatic carbocycles. The van der Waals surface area contributed by atoms with E-state index in [-0.39, 0.29) is 46.0 Å². The van der Waals surface area contributed by atoms with Crippen LogP contribution in [0.1, 0.15) is 53.1 Å². The average Bonchev–Trinajstić information content (AvgIpc) is 3.26. The molecule has 0 atom stereocenters. The predicted octanol–water partition coefficient (Wildman–Crippen LogP) is 4.56. The number of carbonyl (C=O) groups is 2. The molecular formula is C25H27Cl2N5O4S. The molecule has 4 rings (SSSR count). The number of nitrogens with zero attached hydrogens (tertiary/aromatic N) is 3. The second-order valence-corrected chi connectivity index (χ2v) is 11.1. The van der Waals surface area contributed by atoms with Gasteiger partial charge in [0.15, 0.2) is 5.82 Å². The molecule has 3 aromatic rings. The van der Waals surface area contributed by atoms with E-state index in [4.69, 9.17) is 27.9 Å². The number of halogens is 2. The molecule has 2 aromatic heterocycles. The van der Waals surface area contributed by atoms with Crippen molar-refractivity contribution in [2.45, 2.75) is 45.8 Å². The molecule has 0 radical (unpaired) electrons. The lowest BCUT2D eigenvalue weighted by atomic mass is 10.1. The van der Waals surface area contributed by atoms with E-state index >= 15 is 0 Å². The first-order chi connectivity index (χ1) is 17.7. The highest BCUT2D eigenvalue weighted by molar-refractivity contribution is 7.86. The third-order valence-electron chi connectivity index (χ3n) is 5.99. The van der Waals surface area contributed by atoms with Crippen LogP contribution in [0.3, 0.4) is 0 Å². The van der Waals surface area contributed by atoms with Crippen LogP contribution in [0.5, 0.6) is 5.88 Å². The van der Waals surface area contributed by atoms with Gasteiger partial charge in [-0.1, -0.05) is 37.0 Å². The fourth-order valence-electron chi connectivity index (χ4n) is 3.90. The summed E-state index contributed by atoms with van der Waals surface area (Å²) in [4.78, 5) is 31.0.